The molecule has 0 spiro atoms. The van der Waals surface area contributed by atoms with Crippen molar-refractivity contribution in [3.05, 3.63) is 29.8 Å². The van der Waals surface area contributed by atoms with E-state index in [1.165, 1.54) is 44.5 Å². The maximum Gasteiger partial charge on any atom is 0.191 e. The molecule has 1 fully saturated rings. The quantitative estimate of drug-likeness (QED) is 0.589. The average molecular weight is 347 g/mol. The number of guanidine groups is 1. The van der Waals surface area contributed by atoms with Crippen LogP contribution in [0.1, 0.15) is 38.7 Å². The van der Waals surface area contributed by atoms with E-state index < -0.39 is 0 Å². The molecule has 5 heteroatoms. The van der Waals surface area contributed by atoms with Crippen LogP contribution in [0, 0.1) is 6.92 Å². The number of likely N-dealkylation sites (tertiary alicyclic amines) is 1. The van der Waals surface area contributed by atoms with Gasteiger partial charge in [-0.2, -0.15) is 0 Å². The Kier molecular flexibility index (Phi) is 8.06. The Morgan fingerprint density at radius 1 is 1.28 bits per heavy atom. The second kappa shape index (κ2) is 10.3. The molecule has 0 saturated carbocycles. The Morgan fingerprint density at radius 3 is 2.56 bits per heavy atom. The molecule has 1 heterocycles. The van der Waals surface area contributed by atoms with E-state index in [0.717, 1.165) is 18.3 Å². The molecule has 0 amide bonds. The van der Waals surface area contributed by atoms with Crippen LogP contribution in [-0.2, 0) is 0 Å². The first-order valence-electron chi connectivity index (χ1n) is 9.53. The maximum atomic E-state index is 5.94. The molecule has 0 aliphatic carbocycles. The van der Waals surface area contributed by atoms with Gasteiger partial charge in [0, 0.05) is 26.2 Å². The Labute approximate surface area is 152 Å². The van der Waals surface area contributed by atoms with E-state index in [-0.39, 0.29) is 6.10 Å². The number of rotatable bonds is 7. The number of hydrogen-bond acceptors (Lipinski definition) is 3. The van der Waals surface area contributed by atoms with Crippen molar-refractivity contribution in [2.24, 2.45) is 4.99 Å². The normalized spacial score (nSPS) is 18.0. The fourth-order valence-corrected chi connectivity index (χ4v) is 3.14. The van der Waals surface area contributed by atoms with Gasteiger partial charge >= 0.3 is 0 Å². The van der Waals surface area contributed by atoms with Crippen LogP contribution in [0.2, 0.25) is 0 Å². The number of nitrogens with zero attached hydrogens (tertiary/aromatic N) is 2. The van der Waals surface area contributed by atoms with Gasteiger partial charge in [0.2, 0.25) is 0 Å². The van der Waals surface area contributed by atoms with Crippen molar-refractivity contribution in [2.75, 3.05) is 33.2 Å². The number of benzene rings is 1. The van der Waals surface area contributed by atoms with Crippen molar-refractivity contribution < 1.29 is 4.74 Å². The van der Waals surface area contributed by atoms with Crippen molar-refractivity contribution in [3.63, 3.8) is 0 Å². The number of nitrogens with one attached hydrogen (secondary N) is 2. The molecule has 0 aromatic heterocycles. The molecule has 0 bridgehead atoms. The second-order valence-electron chi connectivity index (χ2n) is 6.95. The lowest BCUT2D eigenvalue weighted by Gasteiger charge is -2.33. The molecule has 1 aliphatic rings. The molecule has 1 aromatic rings. The minimum atomic E-state index is 0.0765. The standard InChI is InChI=1S/C20H34N4O/c1-5-12-24-13-10-18(11-14-24)23-20(21-4)22-15-17(3)25-19-8-6-16(2)7-9-19/h6-9,17-18H,5,10-15H2,1-4H3,(H2,21,22,23). The maximum absolute atomic E-state index is 5.94. The van der Waals surface area contributed by atoms with Gasteiger partial charge in [-0.3, -0.25) is 4.99 Å². The van der Waals surface area contributed by atoms with Gasteiger partial charge in [-0.25, -0.2) is 0 Å². The SMILES string of the molecule is CCCN1CCC(NC(=NC)NCC(C)Oc2ccc(C)cc2)CC1. The first-order valence-corrected chi connectivity index (χ1v) is 9.53. The number of piperidine rings is 1. The van der Waals surface area contributed by atoms with E-state index in [2.05, 4.69) is 53.4 Å². The molecule has 25 heavy (non-hydrogen) atoms. The predicted octanol–water partition coefficient (Wildman–Crippen LogP) is 2.80. The van der Waals surface area contributed by atoms with Crippen molar-refractivity contribution in [2.45, 2.75) is 52.2 Å². The van der Waals surface area contributed by atoms with E-state index in [4.69, 9.17) is 4.74 Å². The van der Waals surface area contributed by atoms with Crippen LogP contribution in [0.25, 0.3) is 0 Å². The highest BCUT2D eigenvalue weighted by molar-refractivity contribution is 5.80. The van der Waals surface area contributed by atoms with Gasteiger partial charge in [-0.15, -0.1) is 0 Å². The molecule has 1 aliphatic heterocycles. The van der Waals surface area contributed by atoms with E-state index in [0.29, 0.717) is 6.04 Å². The zero-order chi connectivity index (χ0) is 18.1. The Hall–Kier alpha value is -1.75. The lowest BCUT2D eigenvalue weighted by Crippen LogP contribution is -2.50. The van der Waals surface area contributed by atoms with Crippen LogP contribution in [0.5, 0.6) is 5.75 Å². The highest BCUT2D eigenvalue weighted by atomic mass is 16.5. The van der Waals surface area contributed by atoms with Crippen molar-refractivity contribution >= 4 is 5.96 Å². The highest BCUT2D eigenvalue weighted by Gasteiger charge is 2.19. The molecular weight excluding hydrogens is 312 g/mol. The average Bonchev–Trinajstić information content (AvgIpc) is 2.62. The summed E-state index contributed by atoms with van der Waals surface area (Å²) in [7, 11) is 1.83. The first kappa shape index (κ1) is 19.6. The lowest BCUT2D eigenvalue weighted by atomic mass is 10.1. The summed E-state index contributed by atoms with van der Waals surface area (Å²) in [5.74, 6) is 1.78. The van der Waals surface area contributed by atoms with Gasteiger partial charge in [0.25, 0.3) is 0 Å². The third-order valence-corrected chi connectivity index (χ3v) is 4.61. The molecular formula is C20H34N4O. The van der Waals surface area contributed by atoms with E-state index in [9.17, 15) is 0 Å². The minimum Gasteiger partial charge on any atom is -0.489 e. The van der Waals surface area contributed by atoms with Crippen molar-refractivity contribution in [3.8, 4) is 5.75 Å². The molecule has 2 N–H and O–H groups in total. The number of aliphatic imine (C=N–C) groups is 1. The number of hydrogen-bond donors (Lipinski definition) is 2. The summed E-state index contributed by atoms with van der Waals surface area (Å²) in [5, 5.41) is 6.94. The van der Waals surface area contributed by atoms with Crippen LogP contribution in [0.15, 0.2) is 29.3 Å². The van der Waals surface area contributed by atoms with Crippen LogP contribution in [-0.4, -0.2) is 56.2 Å². The highest BCUT2D eigenvalue weighted by Crippen LogP contribution is 2.13. The Balaban J connectivity index is 1.70. The number of aryl methyl sites for hydroxylation is 1. The van der Waals surface area contributed by atoms with Gasteiger partial charge in [0.15, 0.2) is 5.96 Å². The molecule has 2 rings (SSSR count). The van der Waals surface area contributed by atoms with Crippen LogP contribution in [0.4, 0.5) is 0 Å². The summed E-state index contributed by atoms with van der Waals surface area (Å²) in [6, 6.07) is 8.68. The lowest BCUT2D eigenvalue weighted by molar-refractivity contribution is 0.205. The summed E-state index contributed by atoms with van der Waals surface area (Å²) in [6.07, 6.45) is 3.67. The van der Waals surface area contributed by atoms with Crippen LogP contribution < -0.4 is 15.4 Å². The third kappa shape index (κ3) is 6.94. The van der Waals surface area contributed by atoms with Gasteiger partial charge in [-0.1, -0.05) is 24.6 Å². The van der Waals surface area contributed by atoms with E-state index in [1.807, 2.05) is 19.2 Å². The monoisotopic (exact) mass is 346 g/mol. The van der Waals surface area contributed by atoms with Crippen LogP contribution in [0.3, 0.4) is 0 Å². The van der Waals surface area contributed by atoms with Crippen molar-refractivity contribution in [1.29, 1.82) is 0 Å². The number of ether oxygens (including phenoxy) is 1. The summed E-state index contributed by atoms with van der Waals surface area (Å²) < 4.78 is 5.94. The Bertz CT molecular complexity index is 521. The smallest absolute Gasteiger partial charge is 0.191 e. The summed E-state index contributed by atoms with van der Waals surface area (Å²) >= 11 is 0. The molecule has 0 radical (unpaired) electrons. The molecule has 1 aromatic carbocycles. The fraction of sp³-hybridized carbons (Fsp3) is 0.650. The summed E-state index contributed by atoms with van der Waals surface area (Å²) in [5.41, 5.74) is 1.24. The zero-order valence-corrected chi connectivity index (χ0v) is 16.2. The summed E-state index contributed by atoms with van der Waals surface area (Å²) in [6.45, 7) is 10.7. The van der Waals surface area contributed by atoms with Gasteiger partial charge in [0.05, 0.1) is 6.54 Å². The fourth-order valence-electron chi connectivity index (χ4n) is 3.14. The third-order valence-electron chi connectivity index (χ3n) is 4.61. The van der Waals surface area contributed by atoms with E-state index >= 15 is 0 Å². The predicted molar refractivity (Wildman–Crippen MR) is 106 cm³/mol. The molecule has 1 saturated heterocycles. The van der Waals surface area contributed by atoms with Gasteiger partial charge < -0.3 is 20.3 Å². The molecule has 1 atom stereocenters. The molecule has 140 valence electrons. The van der Waals surface area contributed by atoms with Gasteiger partial charge in [-0.05, 0) is 51.8 Å². The van der Waals surface area contributed by atoms with Crippen molar-refractivity contribution in [1.82, 2.24) is 15.5 Å². The minimum absolute atomic E-state index is 0.0765. The molecule has 5 nitrogen and oxygen atoms in total. The molecule has 1 unspecified atom stereocenters. The summed E-state index contributed by atoms with van der Waals surface area (Å²) in [4.78, 5) is 6.90. The van der Waals surface area contributed by atoms with E-state index in [1.54, 1.807) is 0 Å². The largest absolute Gasteiger partial charge is 0.489 e. The van der Waals surface area contributed by atoms with Gasteiger partial charge in [0.1, 0.15) is 11.9 Å². The first-order chi connectivity index (χ1) is 12.1. The van der Waals surface area contributed by atoms with Crippen LogP contribution >= 0.6 is 0 Å². The second-order valence-corrected chi connectivity index (χ2v) is 6.95. The Morgan fingerprint density at radius 2 is 1.96 bits per heavy atom. The topological polar surface area (TPSA) is 48.9 Å². The zero-order valence-electron chi connectivity index (χ0n) is 16.2.